The maximum atomic E-state index is 9.32. The van der Waals surface area contributed by atoms with Gasteiger partial charge < -0.3 is 14.9 Å². The molecule has 0 spiro atoms. The highest BCUT2D eigenvalue weighted by Crippen LogP contribution is 2.16. The second kappa shape index (κ2) is 19.6. The highest BCUT2D eigenvalue weighted by atomic mass is 32.2. The van der Waals surface area contributed by atoms with Crippen molar-refractivity contribution in [3.05, 3.63) is 0 Å². The van der Waals surface area contributed by atoms with E-state index in [0.29, 0.717) is 5.75 Å². The van der Waals surface area contributed by atoms with Crippen LogP contribution in [0.2, 0.25) is 0 Å². The molecule has 0 aromatic carbocycles. The Labute approximate surface area is 154 Å². The molecule has 0 unspecified atom stereocenters. The van der Waals surface area contributed by atoms with Crippen LogP contribution in [0.3, 0.4) is 0 Å². The van der Waals surface area contributed by atoms with E-state index in [0.717, 1.165) is 12.2 Å². The first-order valence-corrected chi connectivity index (χ1v) is 11.3. The maximum absolute atomic E-state index is 9.32. The second-order valence-electron chi connectivity index (χ2n) is 6.91. The van der Waals surface area contributed by atoms with Gasteiger partial charge in [-0.2, -0.15) is 11.8 Å². The molecule has 0 heterocycles. The number of rotatable bonds is 19. The molecule has 146 valence electrons. The number of hydrogen-bond acceptors (Lipinski definition) is 4. The number of thioether (sulfide) groups is 1. The van der Waals surface area contributed by atoms with Gasteiger partial charge in [-0.05, 0) is 6.42 Å². The van der Waals surface area contributed by atoms with Crippen LogP contribution in [0.15, 0.2) is 0 Å². The minimum Gasteiger partial charge on any atom is -0.394 e. The van der Waals surface area contributed by atoms with Crippen LogP contribution in [-0.2, 0) is 4.74 Å². The fourth-order valence-corrected chi connectivity index (χ4v) is 3.95. The zero-order valence-electron chi connectivity index (χ0n) is 16.2. The standard InChI is InChI=1S/C20H42O3S/c1-3-4-5-6-7-8-9-10-11-12-13-14-15-20(23-2)18-24-17-19(22)16-21/h19-22H,3-18H2,1-2H3/t19-,20-/m0/s1. The average molecular weight is 363 g/mol. The molecule has 3 nitrogen and oxygen atoms in total. The average Bonchev–Trinajstić information content (AvgIpc) is 2.60. The third-order valence-electron chi connectivity index (χ3n) is 4.54. The van der Waals surface area contributed by atoms with Crippen LogP contribution < -0.4 is 0 Å². The van der Waals surface area contributed by atoms with Gasteiger partial charge in [-0.1, -0.05) is 84.0 Å². The number of ether oxygens (including phenoxy) is 1. The number of methoxy groups -OCH3 is 1. The van der Waals surface area contributed by atoms with Crippen molar-refractivity contribution >= 4 is 11.8 Å². The molecule has 0 aliphatic rings. The lowest BCUT2D eigenvalue weighted by Gasteiger charge is -2.15. The van der Waals surface area contributed by atoms with Gasteiger partial charge in [-0.25, -0.2) is 0 Å². The molecule has 4 heteroatoms. The zero-order chi connectivity index (χ0) is 17.9. The molecule has 0 rings (SSSR count). The summed E-state index contributed by atoms with van der Waals surface area (Å²) in [5.74, 6) is 1.50. The highest BCUT2D eigenvalue weighted by Gasteiger charge is 2.09. The molecule has 0 fully saturated rings. The minimum atomic E-state index is -0.598. The summed E-state index contributed by atoms with van der Waals surface area (Å²) >= 11 is 1.67. The van der Waals surface area contributed by atoms with E-state index < -0.39 is 6.10 Å². The summed E-state index contributed by atoms with van der Waals surface area (Å²) < 4.78 is 5.50. The fraction of sp³-hybridized carbons (Fsp3) is 1.00. The summed E-state index contributed by atoms with van der Waals surface area (Å²) in [4.78, 5) is 0. The van der Waals surface area contributed by atoms with E-state index in [2.05, 4.69) is 6.92 Å². The predicted molar refractivity (Wildman–Crippen MR) is 107 cm³/mol. The van der Waals surface area contributed by atoms with Crippen LogP contribution in [0.5, 0.6) is 0 Å². The lowest BCUT2D eigenvalue weighted by atomic mass is 10.0. The first-order valence-electron chi connectivity index (χ1n) is 10.1. The van der Waals surface area contributed by atoms with E-state index in [1.807, 2.05) is 0 Å². The van der Waals surface area contributed by atoms with Crippen LogP contribution in [0.4, 0.5) is 0 Å². The van der Waals surface area contributed by atoms with Crippen molar-refractivity contribution in [1.82, 2.24) is 0 Å². The van der Waals surface area contributed by atoms with E-state index in [9.17, 15) is 5.11 Å². The van der Waals surface area contributed by atoms with Gasteiger partial charge >= 0.3 is 0 Å². The molecule has 2 atom stereocenters. The molecule has 0 aliphatic heterocycles. The lowest BCUT2D eigenvalue weighted by Crippen LogP contribution is -2.19. The number of unbranched alkanes of at least 4 members (excludes halogenated alkanes) is 11. The lowest BCUT2D eigenvalue weighted by molar-refractivity contribution is 0.108. The normalized spacial score (nSPS) is 14.0. The molecular weight excluding hydrogens is 320 g/mol. The van der Waals surface area contributed by atoms with E-state index in [1.54, 1.807) is 18.9 Å². The van der Waals surface area contributed by atoms with Crippen molar-refractivity contribution in [2.24, 2.45) is 0 Å². The van der Waals surface area contributed by atoms with E-state index in [4.69, 9.17) is 9.84 Å². The van der Waals surface area contributed by atoms with Crippen LogP contribution in [0.1, 0.15) is 90.4 Å². The van der Waals surface area contributed by atoms with E-state index in [-0.39, 0.29) is 12.7 Å². The van der Waals surface area contributed by atoms with E-state index in [1.165, 1.54) is 77.0 Å². The smallest absolute Gasteiger partial charge is 0.0861 e. The summed E-state index contributed by atoms with van der Waals surface area (Å²) in [6.07, 6.45) is 17.3. The quantitative estimate of drug-likeness (QED) is 0.311. The monoisotopic (exact) mass is 362 g/mol. The summed E-state index contributed by atoms with van der Waals surface area (Å²) in [7, 11) is 1.77. The third kappa shape index (κ3) is 17.1. The molecular formula is C20H42O3S. The molecule has 0 aromatic rings. The number of aliphatic hydroxyl groups excluding tert-OH is 2. The number of hydrogen-bond donors (Lipinski definition) is 2. The van der Waals surface area contributed by atoms with Crippen LogP contribution in [-0.4, -0.2) is 47.6 Å². The summed E-state index contributed by atoms with van der Waals surface area (Å²) in [5.41, 5.74) is 0. The van der Waals surface area contributed by atoms with E-state index >= 15 is 0 Å². The van der Waals surface area contributed by atoms with Gasteiger partial charge in [0, 0.05) is 18.6 Å². The first kappa shape index (κ1) is 24.2. The molecule has 24 heavy (non-hydrogen) atoms. The Morgan fingerprint density at radius 2 is 1.29 bits per heavy atom. The second-order valence-corrected chi connectivity index (χ2v) is 7.98. The maximum Gasteiger partial charge on any atom is 0.0861 e. The predicted octanol–water partition coefficient (Wildman–Crippen LogP) is 5.18. The van der Waals surface area contributed by atoms with Gasteiger partial charge in [0.15, 0.2) is 0 Å². The van der Waals surface area contributed by atoms with Crippen molar-refractivity contribution in [2.75, 3.05) is 25.2 Å². The molecule has 0 aromatic heterocycles. The number of aliphatic hydroxyl groups is 2. The summed E-state index contributed by atoms with van der Waals surface area (Å²) in [5, 5.41) is 18.1. The van der Waals surface area contributed by atoms with Gasteiger partial charge in [-0.3, -0.25) is 0 Å². The van der Waals surface area contributed by atoms with Gasteiger partial charge in [0.2, 0.25) is 0 Å². The Morgan fingerprint density at radius 3 is 1.75 bits per heavy atom. The van der Waals surface area contributed by atoms with Crippen LogP contribution in [0, 0.1) is 0 Å². The molecule has 2 N–H and O–H groups in total. The third-order valence-corrected chi connectivity index (χ3v) is 5.77. The minimum absolute atomic E-state index is 0.149. The highest BCUT2D eigenvalue weighted by molar-refractivity contribution is 7.99. The van der Waals surface area contributed by atoms with Crippen molar-refractivity contribution in [2.45, 2.75) is 103 Å². The summed E-state index contributed by atoms with van der Waals surface area (Å²) in [6, 6.07) is 0. The zero-order valence-corrected chi connectivity index (χ0v) is 17.0. The van der Waals surface area contributed by atoms with Gasteiger partial charge in [0.25, 0.3) is 0 Å². The Balaban J connectivity index is 3.29. The van der Waals surface area contributed by atoms with Crippen molar-refractivity contribution in [3.63, 3.8) is 0 Å². The molecule has 0 radical (unpaired) electrons. The van der Waals surface area contributed by atoms with Crippen molar-refractivity contribution < 1.29 is 14.9 Å². The van der Waals surface area contributed by atoms with Gasteiger partial charge in [0.05, 0.1) is 18.8 Å². The largest absolute Gasteiger partial charge is 0.394 e. The Kier molecular flexibility index (Phi) is 19.7. The SMILES string of the molecule is CCCCCCCCCCCCCC[C@@H](CSC[C@@H](O)CO)OC. The molecule has 0 amide bonds. The van der Waals surface area contributed by atoms with Crippen molar-refractivity contribution in [1.29, 1.82) is 0 Å². The fourth-order valence-electron chi connectivity index (χ4n) is 2.87. The van der Waals surface area contributed by atoms with Crippen molar-refractivity contribution in [3.8, 4) is 0 Å². The topological polar surface area (TPSA) is 49.7 Å². The molecule has 0 saturated heterocycles. The Morgan fingerprint density at radius 1 is 0.792 bits per heavy atom. The van der Waals surface area contributed by atoms with Gasteiger partial charge in [0.1, 0.15) is 0 Å². The van der Waals surface area contributed by atoms with Gasteiger partial charge in [-0.15, -0.1) is 0 Å². The Bertz CT molecular complexity index is 239. The molecule has 0 bridgehead atoms. The molecule has 0 saturated carbocycles. The van der Waals surface area contributed by atoms with Crippen LogP contribution >= 0.6 is 11.8 Å². The Hall–Kier alpha value is 0.230. The first-order chi connectivity index (χ1) is 11.7. The van der Waals surface area contributed by atoms with Crippen LogP contribution in [0.25, 0.3) is 0 Å². The molecule has 0 aliphatic carbocycles. The summed E-state index contributed by atoms with van der Waals surface area (Å²) in [6.45, 7) is 2.12.